The highest BCUT2D eigenvalue weighted by Crippen LogP contribution is 2.38. The van der Waals surface area contributed by atoms with Crippen molar-refractivity contribution in [1.29, 1.82) is 0 Å². The molecule has 2 aliphatic rings. The number of amides is 1. The van der Waals surface area contributed by atoms with Crippen LogP contribution >= 0.6 is 11.8 Å². The highest BCUT2D eigenvalue weighted by atomic mass is 32.2. The van der Waals surface area contributed by atoms with Crippen molar-refractivity contribution >= 4 is 46.9 Å². The minimum Gasteiger partial charge on any atom is -0.353 e. The maximum Gasteiger partial charge on any atom is 0.269 e. The number of piperazine rings is 1. The predicted octanol–water partition coefficient (Wildman–Crippen LogP) is 3.19. The predicted molar refractivity (Wildman–Crippen MR) is 126 cm³/mol. The van der Waals surface area contributed by atoms with Gasteiger partial charge in [-0.05, 0) is 35.9 Å². The first-order valence-electron chi connectivity index (χ1n) is 10.3. The van der Waals surface area contributed by atoms with Crippen molar-refractivity contribution < 1.29 is 9.72 Å². The quantitative estimate of drug-likeness (QED) is 0.270. The maximum absolute atomic E-state index is 12.5. The average molecular weight is 462 g/mol. The number of thioether (sulfide) groups is 1. The molecule has 1 aromatic carbocycles. The van der Waals surface area contributed by atoms with Crippen molar-refractivity contribution in [2.45, 2.75) is 5.03 Å². The van der Waals surface area contributed by atoms with Crippen molar-refractivity contribution in [1.82, 2.24) is 15.0 Å². The van der Waals surface area contributed by atoms with Gasteiger partial charge in [-0.1, -0.05) is 17.8 Å². The summed E-state index contributed by atoms with van der Waals surface area (Å²) in [7, 11) is 0. The molecule has 2 aromatic heterocycles. The van der Waals surface area contributed by atoms with Gasteiger partial charge in [0.15, 0.2) is 0 Å². The molecule has 5 rings (SSSR count). The molecule has 1 N–H and O–H groups in total. The molecule has 0 unspecified atom stereocenters. The largest absolute Gasteiger partial charge is 0.353 e. The summed E-state index contributed by atoms with van der Waals surface area (Å²) < 4.78 is 0. The molecular formula is C22H19N7O3S. The third-order valence-corrected chi connectivity index (χ3v) is 6.38. The van der Waals surface area contributed by atoms with Crippen LogP contribution in [0.3, 0.4) is 0 Å². The van der Waals surface area contributed by atoms with Gasteiger partial charge >= 0.3 is 0 Å². The van der Waals surface area contributed by atoms with Crippen molar-refractivity contribution in [2.24, 2.45) is 0 Å². The number of carbonyl (C=O) groups excluding carboxylic acids is 1. The molecule has 0 aliphatic carbocycles. The highest BCUT2D eigenvalue weighted by Gasteiger charge is 2.26. The number of nitro groups is 1. The number of nitrogens with one attached hydrogen (secondary N) is 1. The second-order valence-electron chi connectivity index (χ2n) is 7.46. The molecule has 2 aliphatic heterocycles. The van der Waals surface area contributed by atoms with Gasteiger partial charge in [0.1, 0.15) is 10.8 Å². The van der Waals surface area contributed by atoms with Crippen molar-refractivity contribution in [3.63, 3.8) is 0 Å². The number of anilines is 3. The molecule has 11 heteroatoms. The van der Waals surface area contributed by atoms with Gasteiger partial charge in [-0.3, -0.25) is 14.9 Å². The van der Waals surface area contributed by atoms with E-state index in [2.05, 4.69) is 25.1 Å². The zero-order valence-corrected chi connectivity index (χ0v) is 18.2. The van der Waals surface area contributed by atoms with Crippen molar-refractivity contribution in [3.05, 3.63) is 75.4 Å². The standard InChI is InChI=1S/C22H19N7O3S/c30-20-18(13-15-4-6-16(7-5-15)29(31)32)33-21-17(25-20)14-24-22(26-21)28-11-9-27(10-12-28)19-3-1-2-8-23-19/h1-8,13-14H,9-12H2,(H,25,30)/b18-13-. The van der Waals surface area contributed by atoms with Crippen LogP contribution in [-0.2, 0) is 4.79 Å². The van der Waals surface area contributed by atoms with Gasteiger partial charge in [-0.15, -0.1) is 0 Å². The first kappa shape index (κ1) is 20.9. The monoisotopic (exact) mass is 461 g/mol. The Balaban J connectivity index is 1.31. The van der Waals surface area contributed by atoms with E-state index in [1.807, 2.05) is 18.2 Å². The Morgan fingerprint density at radius 2 is 1.79 bits per heavy atom. The molecule has 166 valence electrons. The summed E-state index contributed by atoms with van der Waals surface area (Å²) in [4.78, 5) is 41.3. The number of nitrogens with zero attached hydrogens (tertiary/aromatic N) is 6. The number of pyridine rings is 1. The summed E-state index contributed by atoms with van der Waals surface area (Å²) >= 11 is 1.26. The Labute approximate surface area is 193 Å². The number of fused-ring (bicyclic) bond motifs is 1. The van der Waals surface area contributed by atoms with Gasteiger partial charge in [0.25, 0.3) is 11.6 Å². The number of rotatable bonds is 4. The molecule has 10 nitrogen and oxygen atoms in total. The van der Waals surface area contributed by atoms with Crippen LogP contribution in [0.2, 0.25) is 0 Å². The van der Waals surface area contributed by atoms with E-state index in [1.54, 1.807) is 30.6 Å². The van der Waals surface area contributed by atoms with Gasteiger partial charge in [0.2, 0.25) is 5.95 Å². The van der Waals surface area contributed by atoms with Crippen molar-refractivity contribution in [3.8, 4) is 0 Å². The molecule has 0 spiro atoms. The third kappa shape index (κ3) is 4.48. The lowest BCUT2D eigenvalue weighted by Crippen LogP contribution is -2.47. The summed E-state index contributed by atoms with van der Waals surface area (Å²) in [6.45, 7) is 3.15. The summed E-state index contributed by atoms with van der Waals surface area (Å²) in [6.07, 6.45) is 5.12. The van der Waals surface area contributed by atoms with E-state index >= 15 is 0 Å². The fourth-order valence-corrected chi connectivity index (χ4v) is 4.51. The lowest BCUT2D eigenvalue weighted by molar-refractivity contribution is -0.384. The van der Waals surface area contributed by atoms with E-state index in [9.17, 15) is 14.9 Å². The van der Waals surface area contributed by atoms with Crippen LogP contribution in [0.25, 0.3) is 6.08 Å². The number of benzene rings is 1. The minimum absolute atomic E-state index is 0.00349. The number of hydrogen-bond donors (Lipinski definition) is 1. The van der Waals surface area contributed by atoms with E-state index in [0.29, 0.717) is 27.1 Å². The van der Waals surface area contributed by atoms with E-state index in [1.165, 1.54) is 23.9 Å². The number of hydrogen-bond acceptors (Lipinski definition) is 9. The third-order valence-electron chi connectivity index (χ3n) is 5.36. The van der Waals surface area contributed by atoms with Gasteiger partial charge in [-0.25, -0.2) is 15.0 Å². The molecule has 4 heterocycles. The van der Waals surface area contributed by atoms with E-state index in [0.717, 1.165) is 32.0 Å². The summed E-state index contributed by atoms with van der Waals surface area (Å²) in [5, 5.41) is 14.3. The zero-order valence-electron chi connectivity index (χ0n) is 17.4. The first-order valence-corrected chi connectivity index (χ1v) is 11.1. The lowest BCUT2D eigenvalue weighted by Gasteiger charge is -2.35. The summed E-state index contributed by atoms with van der Waals surface area (Å²) in [6, 6.07) is 11.9. The Bertz CT molecular complexity index is 1230. The highest BCUT2D eigenvalue weighted by molar-refractivity contribution is 8.04. The molecule has 1 fully saturated rings. The number of carbonyl (C=O) groups is 1. The summed E-state index contributed by atoms with van der Waals surface area (Å²) in [5.41, 5.74) is 1.27. The Hall–Kier alpha value is -3.99. The fourth-order valence-electron chi connectivity index (χ4n) is 3.62. The van der Waals surface area contributed by atoms with Crippen LogP contribution in [0.5, 0.6) is 0 Å². The molecule has 0 bridgehead atoms. The van der Waals surface area contributed by atoms with Crippen LogP contribution in [-0.4, -0.2) is 52.0 Å². The minimum atomic E-state index is -0.454. The van der Waals surface area contributed by atoms with Crippen LogP contribution in [0.1, 0.15) is 5.56 Å². The topological polar surface area (TPSA) is 117 Å². The van der Waals surface area contributed by atoms with Gasteiger partial charge in [0, 0.05) is 44.5 Å². The second kappa shape index (κ2) is 8.87. The second-order valence-corrected chi connectivity index (χ2v) is 8.49. The van der Waals surface area contributed by atoms with Gasteiger partial charge in [-0.2, -0.15) is 0 Å². The van der Waals surface area contributed by atoms with Crippen LogP contribution in [0, 0.1) is 10.1 Å². The van der Waals surface area contributed by atoms with Gasteiger partial charge < -0.3 is 15.1 Å². The Morgan fingerprint density at radius 3 is 2.48 bits per heavy atom. The average Bonchev–Trinajstić information content (AvgIpc) is 2.85. The fraction of sp³-hybridized carbons (Fsp3) is 0.182. The normalized spacial score (nSPS) is 17.0. The molecule has 0 saturated carbocycles. The molecule has 0 atom stereocenters. The van der Waals surface area contributed by atoms with Crippen LogP contribution in [0.4, 0.5) is 23.1 Å². The van der Waals surface area contributed by atoms with E-state index in [4.69, 9.17) is 4.98 Å². The number of non-ortho nitro benzene ring substituents is 1. The van der Waals surface area contributed by atoms with E-state index in [-0.39, 0.29) is 11.6 Å². The van der Waals surface area contributed by atoms with Crippen LogP contribution in [0.15, 0.2) is 64.8 Å². The van der Waals surface area contributed by atoms with Crippen LogP contribution < -0.4 is 15.1 Å². The number of aromatic nitrogens is 3. The first-order chi connectivity index (χ1) is 16.1. The molecule has 1 saturated heterocycles. The van der Waals surface area contributed by atoms with Crippen molar-refractivity contribution in [2.75, 3.05) is 41.3 Å². The molecule has 33 heavy (non-hydrogen) atoms. The number of nitro benzene ring substituents is 1. The van der Waals surface area contributed by atoms with Gasteiger partial charge in [0.05, 0.1) is 21.7 Å². The Morgan fingerprint density at radius 1 is 1.03 bits per heavy atom. The van der Waals surface area contributed by atoms with E-state index < -0.39 is 4.92 Å². The molecule has 1 amide bonds. The molecule has 3 aromatic rings. The SMILES string of the molecule is O=C1Nc2cnc(N3CCN(c4ccccn4)CC3)nc2S/C1=C\c1ccc([N+](=O)[O-])cc1. The zero-order chi connectivity index (χ0) is 22.8. The molecule has 0 radical (unpaired) electrons. The maximum atomic E-state index is 12.5. The lowest BCUT2D eigenvalue weighted by atomic mass is 10.2. The smallest absolute Gasteiger partial charge is 0.269 e. The Kier molecular flexibility index (Phi) is 5.61. The summed E-state index contributed by atoms with van der Waals surface area (Å²) in [5.74, 6) is 1.32. The molecular weight excluding hydrogens is 442 g/mol.